The largest absolute Gasteiger partial charge is 0.397 e. The molecule has 0 saturated carbocycles. The number of anilines is 1. The number of pyridine rings is 1. The number of carbonyl (C=O) groups is 1. The summed E-state index contributed by atoms with van der Waals surface area (Å²) in [5.41, 5.74) is 8.11. The van der Waals surface area contributed by atoms with Crippen LogP contribution in [0.25, 0.3) is 0 Å². The topological polar surface area (TPSA) is 94.0 Å². The molecule has 6 nitrogen and oxygen atoms in total. The van der Waals surface area contributed by atoms with Crippen molar-refractivity contribution in [3.8, 4) is 0 Å². The molecule has 0 aliphatic heterocycles. The maximum absolute atomic E-state index is 12.5. The lowest BCUT2D eigenvalue weighted by molar-refractivity contribution is 0.0948. The lowest BCUT2D eigenvalue weighted by Crippen LogP contribution is -2.25. The number of hydrogen-bond donors (Lipinski definition) is 2. The zero-order valence-electron chi connectivity index (χ0n) is 12.8. The minimum Gasteiger partial charge on any atom is -0.397 e. The predicted molar refractivity (Wildman–Crippen MR) is 86.7 cm³/mol. The van der Waals surface area contributed by atoms with Crippen LogP contribution in [0.3, 0.4) is 0 Å². The standard InChI is InChI=1S/C17H18N4O2/c1-11-15(16(21-23-11)12-5-3-2-4-6-12)17(22)20-10-14-8-7-13(18)9-19-14/h2-5,7-9,12H,6,10,18H2,1H3,(H,20,22). The van der Waals surface area contributed by atoms with Crippen LogP contribution in [0.4, 0.5) is 5.69 Å². The van der Waals surface area contributed by atoms with Gasteiger partial charge in [-0.15, -0.1) is 0 Å². The molecule has 3 N–H and O–H groups in total. The third-order valence-electron chi connectivity index (χ3n) is 3.73. The molecular weight excluding hydrogens is 292 g/mol. The van der Waals surface area contributed by atoms with Crippen molar-refractivity contribution < 1.29 is 9.32 Å². The molecule has 0 bridgehead atoms. The van der Waals surface area contributed by atoms with Gasteiger partial charge in [0.05, 0.1) is 24.1 Å². The van der Waals surface area contributed by atoms with Gasteiger partial charge in [0.1, 0.15) is 17.0 Å². The van der Waals surface area contributed by atoms with E-state index < -0.39 is 0 Å². The first-order chi connectivity index (χ1) is 11.1. The molecule has 23 heavy (non-hydrogen) atoms. The SMILES string of the molecule is Cc1onc(C2C=CC=CC2)c1C(=O)NCc1ccc(N)cn1. The molecule has 1 atom stereocenters. The van der Waals surface area contributed by atoms with Gasteiger partial charge in [0.2, 0.25) is 0 Å². The summed E-state index contributed by atoms with van der Waals surface area (Å²) in [5.74, 6) is 0.374. The molecule has 0 saturated heterocycles. The first-order valence-corrected chi connectivity index (χ1v) is 7.43. The van der Waals surface area contributed by atoms with Crippen LogP contribution in [0.15, 0.2) is 47.2 Å². The van der Waals surface area contributed by atoms with Gasteiger partial charge in [-0.3, -0.25) is 9.78 Å². The number of allylic oxidation sites excluding steroid dienone is 4. The molecule has 2 aromatic rings. The van der Waals surface area contributed by atoms with Crippen LogP contribution in [0.2, 0.25) is 0 Å². The zero-order valence-corrected chi connectivity index (χ0v) is 12.8. The van der Waals surface area contributed by atoms with Crippen LogP contribution in [0.5, 0.6) is 0 Å². The summed E-state index contributed by atoms with van der Waals surface area (Å²) >= 11 is 0. The minimum absolute atomic E-state index is 0.0628. The Balaban J connectivity index is 1.74. The molecule has 1 amide bonds. The maximum Gasteiger partial charge on any atom is 0.257 e. The van der Waals surface area contributed by atoms with Crippen LogP contribution in [-0.2, 0) is 6.54 Å². The second-order valence-corrected chi connectivity index (χ2v) is 5.42. The Hall–Kier alpha value is -2.89. The minimum atomic E-state index is -0.208. The van der Waals surface area contributed by atoms with Crippen molar-refractivity contribution >= 4 is 11.6 Å². The number of carbonyl (C=O) groups excluding carboxylic acids is 1. The van der Waals surface area contributed by atoms with Crippen molar-refractivity contribution in [2.75, 3.05) is 5.73 Å². The van der Waals surface area contributed by atoms with Crippen LogP contribution >= 0.6 is 0 Å². The highest BCUT2D eigenvalue weighted by molar-refractivity contribution is 5.96. The summed E-state index contributed by atoms with van der Waals surface area (Å²) in [5, 5.41) is 6.93. The second-order valence-electron chi connectivity index (χ2n) is 5.42. The van der Waals surface area contributed by atoms with E-state index in [1.54, 1.807) is 25.3 Å². The molecule has 0 fully saturated rings. The number of nitrogens with zero attached hydrogens (tertiary/aromatic N) is 2. The van der Waals surface area contributed by atoms with Crippen molar-refractivity contribution in [3.05, 3.63) is 65.3 Å². The molecule has 2 aromatic heterocycles. The van der Waals surface area contributed by atoms with E-state index in [0.29, 0.717) is 29.2 Å². The fraction of sp³-hybridized carbons (Fsp3) is 0.235. The van der Waals surface area contributed by atoms with Crippen molar-refractivity contribution in [1.82, 2.24) is 15.5 Å². The van der Waals surface area contributed by atoms with Gasteiger partial charge < -0.3 is 15.6 Å². The Morgan fingerprint density at radius 2 is 2.30 bits per heavy atom. The third kappa shape index (κ3) is 3.31. The third-order valence-corrected chi connectivity index (χ3v) is 3.73. The molecular formula is C17H18N4O2. The van der Waals surface area contributed by atoms with Gasteiger partial charge in [0.15, 0.2) is 0 Å². The first-order valence-electron chi connectivity index (χ1n) is 7.43. The molecule has 2 heterocycles. The number of amides is 1. The molecule has 1 unspecified atom stereocenters. The van der Waals surface area contributed by atoms with Crippen molar-refractivity contribution in [2.45, 2.75) is 25.8 Å². The van der Waals surface area contributed by atoms with E-state index in [4.69, 9.17) is 10.3 Å². The Labute approximate surface area is 134 Å². The zero-order chi connectivity index (χ0) is 16.2. The first kappa shape index (κ1) is 15.0. The second kappa shape index (κ2) is 6.48. The van der Waals surface area contributed by atoms with Gasteiger partial charge in [0.25, 0.3) is 5.91 Å². The number of rotatable bonds is 4. The van der Waals surface area contributed by atoms with Crippen molar-refractivity contribution in [2.24, 2.45) is 0 Å². The lowest BCUT2D eigenvalue weighted by Gasteiger charge is -2.12. The Morgan fingerprint density at radius 1 is 1.43 bits per heavy atom. The highest BCUT2D eigenvalue weighted by atomic mass is 16.5. The van der Waals surface area contributed by atoms with E-state index in [-0.39, 0.29) is 11.8 Å². The van der Waals surface area contributed by atoms with Crippen LogP contribution < -0.4 is 11.1 Å². The highest BCUT2D eigenvalue weighted by Gasteiger charge is 2.25. The Kier molecular flexibility index (Phi) is 4.23. The van der Waals surface area contributed by atoms with Gasteiger partial charge in [-0.05, 0) is 25.5 Å². The number of nitrogen functional groups attached to an aromatic ring is 1. The molecule has 1 aliphatic rings. The van der Waals surface area contributed by atoms with E-state index in [2.05, 4.69) is 21.5 Å². The Bertz CT molecular complexity index is 759. The van der Waals surface area contributed by atoms with Gasteiger partial charge in [0, 0.05) is 5.92 Å². The summed E-state index contributed by atoms with van der Waals surface area (Å²) in [7, 11) is 0. The van der Waals surface area contributed by atoms with Gasteiger partial charge in [-0.1, -0.05) is 29.5 Å². The smallest absolute Gasteiger partial charge is 0.257 e. The van der Waals surface area contributed by atoms with Crippen LogP contribution in [0.1, 0.15) is 39.8 Å². The van der Waals surface area contributed by atoms with Crippen LogP contribution in [0, 0.1) is 6.92 Å². The van der Waals surface area contributed by atoms with E-state index in [9.17, 15) is 4.79 Å². The summed E-state index contributed by atoms with van der Waals surface area (Å²) < 4.78 is 5.24. The normalized spacial score (nSPS) is 16.5. The van der Waals surface area contributed by atoms with Crippen LogP contribution in [-0.4, -0.2) is 16.0 Å². The molecule has 1 aliphatic carbocycles. The fourth-order valence-corrected chi connectivity index (χ4v) is 2.50. The van der Waals surface area contributed by atoms with Crippen molar-refractivity contribution in [1.29, 1.82) is 0 Å². The van der Waals surface area contributed by atoms with E-state index >= 15 is 0 Å². The summed E-state index contributed by atoms with van der Waals surface area (Å²) in [6.07, 6.45) is 10.4. The molecule has 0 radical (unpaired) electrons. The molecule has 118 valence electrons. The molecule has 0 spiro atoms. The number of aryl methyl sites for hydroxylation is 1. The van der Waals surface area contributed by atoms with E-state index in [1.807, 2.05) is 18.2 Å². The monoisotopic (exact) mass is 310 g/mol. The van der Waals surface area contributed by atoms with E-state index in [0.717, 1.165) is 12.1 Å². The predicted octanol–water partition coefficient (Wildman–Crippen LogP) is 2.49. The van der Waals surface area contributed by atoms with Crippen molar-refractivity contribution in [3.63, 3.8) is 0 Å². The molecule has 3 rings (SSSR count). The Morgan fingerprint density at radius 3 is 3.00 bits per heavy atom. The maximum atomic E-state index is 12.5. The molecule has 0 aromatic carbocycles. The summed E-state index contributed by atoms with van der Waals surface area (Å²) in [6.45, 7) is 2.07. The van der Waals surface area contributed by atoms with Gasteiger partial charge >= 0.3 is 0 Å². The summed E-state index contributed by atoms with van der Waals surface area (Å²) in [6, 6.07) is 3.54. The fourth-order valence-electron chi connectivity index (χ4n) is 2.50. The quantitative estimate of drug-likeness (QED) is 0.904. The molecule has 6 heteroatoms. The summed E-state index contributed by atoms with van der Waals surface area (Å²) in [4.78, 5) is 16.7. The number of nitrogens with one attached hydrogen (secondary N) is 1. The van der Waals surface area contributed by atoms with Gasteiger partial charge in [-0.2, -0.15) is 0 Å². The van der Waals surface area contributed by atoms with E-state index in [1.165, 1.54) is 0 Å². The number of nitrogens with two attached hydrogens (primary N) is 1. The highest BCUT2D eigenvalue weighted by Crippen LogP contribution is 2.28. The van der Waals surface area contributed by atoms with Gasteiger partial charge in [-0.25, -0.2) is 0 Å². The lowest BCUT2D eigenvalue weighted by atomic mass is 9.93. The average molecular weight is 310 g/mol. The average Bonchev–Trinajstić information content (AvgIpc) is 2.96. The number of hydrogen-bond acceptors (Lipinski definition) is 5. The number of aromatic nitrogens is 2.